The van der Waals surface area contributed by atoms with Crippen LogP contribution in [0.15, 0.2) is 79.0 Å². The molecule has 29 heavy (non-hydrogen) atoms. The molecule has 0 spiro atoms. The quantitative estimate of drug-likeness (QED) is 0.472. The number of carboxylic acid groups (broad SMARTS) is 1. The number of fused-ring (bicyclic) bond motifs is 1. The van der Waals surface area contributed by atoms with Crippen molar-refractivity contribution in [2.45, 2.75) is 0 Å². The average Bonchev–Trinajstić information content (AvgIpc) is 2.74. The number of nitrogens with one attached hydrogen (secondary N) is 1. The molecular weight excluding hydrogens is 388 g/mol. The molecule has 0 radical (unpaired) electrons. The molecular formula is C23H15ClN2O3. The molecule has 3 aromatic carbocycles. The molecule has 4 aromatic rings. The van der Waals surface area contributed by atoms with Crippen LogP contribution >= 0.6 is 11.6 Å². The molecule has 0 atom stereocenters. The van der Waals surface area contributed by atoms with Crippen LogP contribution in [0, 0.1) is 0 Å². The van der Waals surface area contributed by atoms with Gasteiger partial charge in [0.15, 0.2) is 0 Å². The lowest BCUT2D eigenvalue weighted by molar-refractivity contribution is 0.0698. The van der Waals surface area contributed by atoms with Gasteiger partial charge in [-0.05, 0) is 42.0 Å². The van der Waals surface area contributed by atoms with Crippen LogP contribution in [0.25, 0.3) is 22.0 Å². The zero-order chi connectivity index (χ0) is 20.4. The predicted octanol–water partition coefficient (Wildman–Crippen LogP) is 5.51. The number of aromatic carboxylic acids is 1. The molecule has 4 rings (SSSR count). The summed E-state index contributed by atoms with van der Waals surface area (Å²) in [5, 5.41) is 13.3. The number of hydrogen-bond acceptors (Lipinski definition) is 3. The Kier molecular flexibility index (Phi) is 4.97. The average molecular weight is 403 g/mol. The minimum absolute atomic E-state index is 0.0692. The number of carbonyl (C=O) groups excluding carboxylic acids is 1. The van der Waals surface area contributed by atoms with Crippen molar-refractivity contribution >= 4 is 40.1 Å². The van der Waals surface area contributed by atoms with Gasteiger partial charge in [-0.15, -0.1) is 0 Å². The Hall–Kier alpha value is -3.70. The largest absolute Gasteiger partial charge is 0.478 e. The summed E-state index contributed by atoms with van der Waals surface area (Å²) < 4.78 is 0. The number of anilines is 1. The summed E-state index contributed by atoms with van der Waals surface area (Å²) in [6, 6.07) is 21.2. The maximum absolute atomic E-state index is 12.8. The fourth-order valence-electron chi connectivity index (χ4n) is 3.16. The first-order valence-electron chi connectivity index (χ1n) is 8.81. The van der Waals surface area contributed by atoms with Gasteiger partial charge in [0.1, 0.15) is 0 Å². The first kappa shape index (κ1) is 18.7. The number of nitrogens with zero attached hydrogens (tertiary/aromatic N) is 1. The zero-order valence-corrected chi connectivity index (χ0v) is 15.9. The van der Waals surface area contributed by atoms with Gasteiger partial charge in [0, 0.05) is 27.7 Å². The second kappa shape index (κ2) is 7.73. The molecule has 0 saturated heterocycles. The molecule has 2 N–H and O–H groups in total. The Morgan fingerprint density at radius 3 is 2.55 bits per heavy atom. The van der Waals surface area contributed by atoms with Gasteiger partial charge in [0.25, 0.3) is 5.91 Å². The SMILES string of the molecule is O=C(Nc1ccc(Cl)cc1C(=O)O)c1cccc(-c2cccc3cccnc23)c1. The third kappa shape index (κ3) is 3.81. The molecule has 142 valence electrons. The monoisotopic (exact) mass is 402 g/mol. The van der Waals surface area contributed by atoms with E-state index in [1.165, 1.54) is 18.2 Å². The van der Waals surface area contributed by atoms with Crippen molar-refractivity contribution in [1.29, 1.82) is 0 Å². The van der Waals surface area contributed by atoms with E-state index in [1.807, 2.05) is 36.4 Å². The molecule has 0 aliphatic rings. The van der Waals surface area contributed by atoms with Gasteiger partial charge >= 0.3 is 5.97 Å². The summed E-state index contributed by atoms with van der Waals surface area (Å²) in [7, 11) is 0. The molecule has 0 saturated carbocycles. The Balaban J connectivity index is 1.69. The third-order valence-electron chi connectivity index (χ3n) is 4.53. The minimum Gasteiger partial charge on any atom is -0.478 e. The number of carbonyl (C=O) groups is 2. The lowest BCUT2D eigenvalue weighted by atomic mass is 10.00. The van der Waals surface area contributed by atoms with E-state index in [-0.39, 0.29) is 16.3 Å². The van der Waals surface area contributed by atoms with E-state index < -0.39 is 11.9 Å². The maximum atomic E-state index is 12.8. The van der Waals surface area contributed by atoms with Gasteiger partial charge in [-0.2, -0.15) is 0 Å². The van der Waals surface area contributed by atoms with Crippen LogP contribution in [0.1, 0.15) is 20.7 Å². The number of para-hydroxylation sites is 1. The van der Waals surface area contributed by atoms with E-state index in [1.54, 1.807) is 24.4 Å². The number of halogens is 1. The second-order valence-electron chi connectivity index (χ2n) is 6.41. The second-order valence-corrected chi connectivity index (χ2v) is 6.85. The van der Waals surface area contributed by atoms with Crippen molar-refractivity contribution in [3.05, 3.63) is 95.1 Å². The maximum Gasteiger partial charge on any atom is 0.337 e. The molecule has 1 amide bonds. The minimum atomic E-state index is -1.17. The van der Waals surface area contributed by atoms with Crippen molar-refractivity contribution in [3.8, 4) is 11.1 Å². The van der Waals surface area contributed by atoms with Crippen molar-refractivity contribution in [3.63, 3.8) is 0 Å². The lowest BCUT2D eigenvalue weighted by Gasteiger charge is -2.11. The van der Waals surface area contributed by atoms with E-state index >= 15 is 0 Å². The Bertz CT molecular complexity index is 1250. The lowest BCUT2D eigenvalue weighted by Crippen LogP contribution is -2.14. The summed E-state index contributed by atoms with van der Waals surface area (Å²) >= 11 is 5.87. The van der Waals surface area contributed by atoms with Crippen molar-refractivity contribution < 1.29 is 14.7 Å². The number of aromatic nitrogens is 1. The molecule has 0 bridgehead atoms. The van der Waals surface area contributed by atoms with Crippen LogP contribution in [-0.4, -0.2) is 22.0 Å². The zero-order valence-electron chi connectivity index (χ0n) is 15.1. The highest BCUT2D eigenvalue weighted by molar-refractivity contribution is 6.31. The first-order valence-corrected chi connectivity index (χ1v) is 9.19. The summed E-state index contributed by atoms with van der Waals surface area (Å²) in [4.78, 5) is 28.7. The fourth-order valence-corrected chi connectivity index (χ4v) is 3.33. The van der Waals surface area contributed by atoms with E-state index in [0.29, 0.717) is 5.56 Å². The van der Waals surface area contributed by atoms with Gasteiger partial charge in [0.05, 0.1) is 16.8 Å². The topological polar surface area (TPSA) is 79.3 Å². The highest BCUT2D eigenvalue weighted by Gasteiger charge is 2.15. The first-order chi connectivity index (χ1) is 14.0. The molecule has 1 aromatic heterocycles. The number of amides is 1. The van der Waals surface area contributed by atoms with E-state index in [0.717, 1.165) is 22.0 Å². The molecule has 0 unspecified atom stereocenters. The normalized spacial score (nSPS) is 10.7. The van der Waals surface area contributed by atoms with Crippen molar-refractivity contribution in [1.82, 2.24) is 4.98 Å². The van der Waals surface area contributed by atoms with Crippen LogP contribution in [0.2, 0.25) is 5.02 Å². The molecule has 0 aliphatic heterocycles. The number of carboxylic acids is 1. The van der Waals surface area contributed by atoms with Gasteiger partial charge in [-0.1, -0.05) is 48.0 Å². The smallest absolute Gasteiger partial charge is 0.337 e. The summed E-state index contributed by atoms with van der Waals surface area (Å²) in [5.74, 6) is -1.58. The summed E-state index contributed by atoms with van der Waals surface area (Å²) in [5.41, 5.74) is 3.12. The van der Waals surface area contributed by atoms with Crippen LogP contribution in [0.4, 0.5) is 5.69 Å². The Labute approximate surface area is 171 Å². The number of rotatable bonds is 4. The molecule has 0 aliphatic carbocycles. The van der Waals surface area contributed by atoms with Crippen LogP contribution in [0.3, 0.4) is 0 Å². The van der Waals surface area contributed by atoms with Gasteiger partial charge in [-0.3, -0.25) is 9.78 Å². The highest BCUT2D eigenvalue weighted by Crippen LogP contribution is 2.28. The number of hydrogen-bond donors (Lipinski definition) is 2. The Morgan fingerprint density at radius 2 is 1.72 bits per heavy atom. The molecule has 5 nitrogen and oxygen atoms in total. The highest BCUT2D eigenvalue weighted by atomic mass is 35.5. The molecule has 0 fully saturated rings. The van der Waals surface area contributed by atoms with Crippen LogP contribution in [-0.2, 0) is 0 Å². The van der Waals surface area contributed by atoms with Crippen molar-refractivity contribution in [2.75, 3.05) is 5.32 Å². The van der Waals surface area contributed by atoms with E-state index in [4.69, 9.17) is 11.6 Å². The molecule has 6 heteroatoms. The number of pyridine rings is 1. The number of benzene rings is 3. The predicted molar refractivity (Wildman–Crippen MR) is 114 cm³/mol. The van der Waals surface area contributed by atoms with Crippen molar-refractivity contribution in [2.24, 2.45) is 0 Å². The standard InChI is InChI=1S/C23H15ClN2O3/c24-17-9-10-20(19(13-17)23(28)29)26-22(27)16-6-1-5-15(12-16)18-8-2-4-14-7-3-11-25-21(14)18/h1-13H,(H,26,27)(H,28,29). The van der Waals surface area contributed by atoms with Gasteiger partial charge in [0.2, 0.25) is 0 Å². The van der Waals surface area contributed by atoms with Crippen LogP contribution in [0.5, 0.6) is 0 Å². The van der Waals surface area contributed by atoms with Crippen LogP contribution < -0.4 is 5.32 Å². The Morgan fingerprint density at radius 1 is 0.931 bits per heavy atom. The summed E-state index contributed by atoms with van der Waals surface area (Å²) in [6.45, 7) is 0. The van der Waals surface area contributed by atoms with Gasteiger partial charge in [-0.25, -0.2) is 4.79 Å². The summed E-state index contributed by atoms with van der Waals surface area (Å²) in [6.07, 6.45) is 1.73. The fraction of sp³-hybridized carbons (Fsp3) is 0. The van der Waals surface area contributed by atoms with E-state index in [2.05, 4.69) is 10.3 Å². The third-order valence-corrected chi connectivity index (χ3v) is 4.76. The molecule has 1 heterocycles. The van der Waals surface area contributed by atoms with Gasteiger partial charge < -0.3 is 10.4 Å². The van der Waals surface area contributed by atoms with E-state index in [9.17, 15) is 14.7 Å².